The van der Waals surface area contributed by atoms with Gasteiger partial charge in [-0.05, 0) is 33.1 Å². The number of halogens is 1. The van der Waals surface area contributed by atoms with Crippen molar-refractivity contribution in [2.75, 3.05) is 33.2 Å². The molecule has 42 heavy (non-hydrogen) atoms. The molecule has 0 amide bonds. The molecule has 2 aromatic rings. The molecule has 4 N–H and O–H groups in total. The van der Waals surface area contributed by atoms with E-state index in [-0.39, 0.29) is 35.3 Å². The number of nitrogens with zero attached hydrogens (tertiary/aromatic N) is 4. The fraction of sp³-hybridized carbons (Fsp3) is 0.708. The Balaban J connectivity index is 1.86. The summed E-state index contributed by atoms with van der Waals surface area (Å²) in [6.07, 6.45) is -3.74. The van der Waals surface area contributed by atoms with Crippen molar-refractivity contribution in [3.8, 4) is 5.88 Å². The van der Waals surface area contributed by atoms with Crippen LogP contribution in [0, 0.1) is 5.92 Å². The number of nitrogen functional groups attached to an aromatic ring is 1. The van der Waals surface area contributed by atoms with Gasteiger partial charge in [0.25, 0.3) is 0 Å². The Morgan fingerprint density at radius 2 is 1.95 bits per heavy atom. The number of rotatable bonds is 14. The van der Waals surface area contributed by atoms with Crippen LogP contribution in [-0.2, 0) is 37.4 Å². The Labute approximate surface area is 241 Å². The van der Waals surface area contributed by atoms with Crippen LogP contribution in [-0.4, -0.2) is 94.0 Å². The maximum absolute atomic E-state index is 16.0. The van der Waals surface area contributed by atoms with Crippen molar-refractivity contribution < 1.29 is 51.6 Å². The van der Waals surface area contributed by atoms with Gasteiger partial charge in [0.05, 0.1) is 33.3 Å². The van der Waals surface area contributed by atoms with E-state index in [1.54, 1.807) is 13.8 Å². The number of carbonyl (C=O) groups is 2. The van der Waals surface area contributed by atoms with Crippen molar-refractivity contribution in [2.45, 2.75) is 77.3 Å². The third kappa shape index (κ3) is 7.71. The number of alkyl halides is 1. The molecular weight excluding hydrogens is 582 g/mol. The van der Waals surface area contributed by atoms with Gasteiger partial charge in [0.15, 0.2) is 29.7 Å². The summed E-state index contributed by atoms with van der Waals surface area (Å²) in [6.45, 7) is 6.59. The van der Waals surface area contributed by atoms with E-state index < -0.39 is 69.1 Å². The first-order valence-corrected chi connectivity index (χ1v) is 14.7. The average Bonchev–Trinajstić information content (AvgIpc) is 3.42. The fourth-order valence-corrected chi connectivity index (χ4v) is 5.66. The smallest absolute Gasteiger partial charge is 0.406 e. The number of hydrogen-bond donors (Lipinski definition) is 3. The van der Waals surface area contributed by atoms with Gasteiger partial charge in [-0.2, -0.15) is 9.97 Å². The van der Waals surface area contributed by atoms with Gasteiger partial charge >= 0.3 is 19.7 Å². The normalized spacial score (nSPS) is 24.6. The van der Waals surface area contributed by atoms with Crippen molar-refractivity contribution in [1.29, 1.82) is 0 Å². The van der Waals surface area contributed by atoms with Gasteiger partial charge in [-0.3, -0.25) is 18.4 Å². The molecule has 0 saturated carbocycles. The van der Waals surface area contributed by atoms with Crippen molar-refractivity contribution in [2.24, 2.45) is 5.92 Å². The van der Waals surface area contributed by atoms with Crippen LogP contribution < -0.4 is 15.6 Å². The Morgan fingerprint density at radius 3 is 2.55 bits per heavy atom. The van der Waals surface area contributed by atoms with E-state index in [9.17, 15) is 19.3 Å². The summed E-state index contributed by atoms with van der Waals surface area (Å²) < 4.78 is 62.5. The molecular formula is C24H38FN6O10P. The average molecular weight is 621 g/mol. The number of aliphatic hydroxyl groups excluding tert-OH is 1. The Kier molecular flexibility index (Phi) is 10.8. The molecule has 1 aliphatic heterocycles. The van der Waals surface area contributed by atoms with Gasteiger partial charge in [0.2, 0.25) is 11.8 Å². The molecule has 1 unspecified atom stereocenters. The molecule has 3 rings (SSSR count). The minimum Gasteiger partial charge on any atom is -0.479 e. The number of anilines is 1. The molecule has 1 aliphatic rings. The van der Waals surface area contributed by atoms with Crippen LogP contribution in [0.5, 0.6) is 5.88 Å². The summed E-state index contributed by atoms with van der Waals surface area (Å²) in [5, 5.41) is 13.4. The van der Waals surface area contributed by atoms with E-state index in [0.29, 0.717) is 0 Å². The second-order valence-electron chi connectivity index (χ2n) is 10.5. The number of aromatic nitrogens is 4. The number of aliphatic hydroxyl groups is 1. The third-order valence-corrected chi connectivity index (χ3v) is 7.80. The highest BCUT2D eigenvalue weighted by Crippen LogP contribution is 2.48. The fourth-order valence-electron chi connectivity index (χ4n) is 4.23. The van der Waals surface area contributed by atoms with Crippen molar-refractivity contribution in [3.05, 3.63) is 6.33 Å². The molecule has 0 bridgehead atoms. The summed E-state index contributed by atoms with van der Waals surface area (Å²) >= 11 is 0. The van der Waals surface area contributed by atoms with E-state index in [1.165, 1.54) is 18.0 Å². The first-order chi connectivity index (χ1) is 19.6. The molecule has 6 atom stereocenters. The van der Waals surface area contributed by atoms with E-state index >= 15 is 4.39 Å². The van der Waals surface area contributed by atoms with Crippen molar-refractivity contribution in [1.82, 2.24) is 24.6 Å². The molecule has 18 heteroatoms. The van der Waals surface area contributed by atoms with Crippen molar-refractivity contribution in [3.63, 3.8) is 0 Å². The maximum atomic E-state index is 16.0. The molecule has 16 nitrogen and oxygen atoms in total. The van der Waals surface area contributed by atoms with Gasteiger partial charge in [0.1, 0.15) is 18.2 Å². The van der Waals surface area contributed by atoms with E-state index in [0.717, 1.165) is 14.0 Å². The van der Waals surface area contributed by atoms with E-state index in [2.05, 4.69) is 24.8 Å². The summed E-state index contributed by atoms with van der Waals surface area (Å²) in [5.74, 6) is -1.76. The number of fused-ring (bicyclic) bond motifs is 1. The molecule has 1 saturated heterocycles. The lowest BCUT2D eigenvalue weighted by molar-refractivity contribution is -0.150. The maximum Gasteiger partial charge on any atom is 0.406 e. The standard InChI is InChI=1S/C24H38FN6O10P/c1-12(2)8-14(21(34)40-13(3)4)30-42(35,39-10-16(32)36-6)38-9-15-18(33)24(5,25)22(41-15)31-11-27-17-19(31)28-23(26)29-20(17)37-7/h11-15,18,22,33H,8-10H2,1-7H3,(H,30,35)(H2,26,28,29)/t14-,15+,18+,22+,24+,42?/m0/s1. The molecule has 0 radical (unpaired) electrons. The Hall–Kier alpha value is -2.95. The molecule has 236 valence electrons. The number of esters is 2. The van der Waals surface area contributed by atoms with Crippen LogP contribution in [0.4, 0.5) is 10.3 Å². The lowest BCUT2D eigenvalue weighted by Gasteiger charge is -2.27. The predicted molar refractivity (Wildman–Crippen MR) is 145 cm³/mol. The number of hydrogen-bond acceptors (Lipinski definition) is 14. The van der Waals surface area contributed by atoms with Gasteiger partial charge in [-0.25, -0.2) is 23.8 Å². The first-order valence-electron chi connectivity index (χ1n) is 13.1. The topological polar surface area (TPSA) is 208 Å². The molecule has 0 aromatic carbocycles. The van der Waals surface area contributed by atoms with E-state index in [1.807, 2.05) is 13.8 Å². The van der Waals surface area contributed by atoms with Crippen LogP contribution in [0.2, 0.25) is 0 Å². The Bertz CT molecular complexity index is 1310. The number of nitrogens with two attached hydrogens (primary N) is 1. The summed E-state index contributed by atoms with van der Waals surface area (Å²) in [4.78, 5) is 36.7. The van der Waals surface area contributed by atoms with Crippen molar-refractivity contribution >= 4 is 36.8 Å². The molecule has 2 aromatic heterocycles. The summed E-state index contributed by atoms with van der Waals surface area (Å²) in [5.41, 5.74) is 3.58. The number of carbonyl (C=O) groups excluding carboxylic acids is 2. The van der Waals surface area contributed by atoms with Gasteiger partial charge in [-0.1, -0.05) is 13.8 Å². The number of nitrogens with one attached hydrogen (secondary N) is 1. The highest BCUT2D eigenvalue weighted by atomic mass is 31.2. The van der Waals surface area contributed by atoms with Gasteiger partial charge in [-0.15, -0.1) is 0 Å². The van der Waals surface area contributed by atoms with Gasteiger partial charge in [0, 0.05) is 0 Å². The molecule has 0 aliphatic carbocycles. The monoisotopic (exact) mass is 620 g/mol. The number of imidazole rings is 1. The molecule has 0 spiro atoms. The second kappa shape index (κ2) is 13.6. The summed E-state index contributed by atoms with van der Waals surface area (Å²) in [7, 11) is -2.04. The molecule has 1 fully saturated rings. The second-order valence-corrected chi connectivity index (χ2v) is 12.2. The predicted octanol–water partition coefficient (Wildman–Crippen LogP) is 1.67. The van der Waals surface area contributed by atoms with E-state index in [4.69, 9.17) is 29.0 Å². The number of ether oxygens (including phenoxy) is 4. The minimum atomic E-state index is -4.49. The lowest BCUT2D eigenvalue weighted by atomic mass is 9.98. The molecule has 3 heterocycles. The third-order valence-electron chi connectivity index (χ3n) is 6.22. The van der Waals surface area contributed by atoms with Crippen LogP contribution in [0.25, 0.3) is 11.2 Å². The largest absolute Gasteiger partial charge is 0.479 e. The van der Waals surface area contributed by atoms with Gasteiger partial charge < -0.3 is 29.8 Å². The van der Waals surface area contributed by atoms with Crippen LogP contribution >= 0.6 is 7.75 Å². The lowest BCUT2D eigenvalue weighted by Crippen LogP contribution is -2.42. The highest BCUT2D eigenvalue weighted by Gasteiger charge is 2.56. The Morgan fingerprint density at radius 1 is 1.26 bits per heavy atom. The quantitative estimate of drug-likeness (QED) is 0.203. The SMILES string of the molecule is COC(=O)COP(=O)(N[C@@H](CC(C)C)C(=O)OC(C)C)OC[C@H]1O[C@@H](n2cnc3c(OC)nc(N)nc32)[C@](C)(F)[C@@H]1O. The zero-order chi connectivity index (χ0) is 31.4. The zero-order valence-electron chi connectivity index (χ0n) is 24.5. The highest BCUT2D eigenvalue weighted by molar-refractivity contribution is 7.51. The zero-order valence-corrected chi connectivity index (χ0v) is 25.4. The minimum absolute atomic E-state index is 0.0502. The number of methoxy groups -OCH3 is 2. The van der Waals surface area contributed by atoms with Crippen LogP contribution in [0.3, 0.4) is 0 Å². The first kappa shape index (κ1) is 33.6. The van der Waals surface area contributed by atoms with Crippen LogP contribution in [0.1, 0.15) is 47.3 Å². The summed E-state index contributed by atoms with van der Waals surface area (Å²) in [6, 6.07) is -1.15. The van der Waals surface area contributed by atoms with Crippen LogP contribution in [0.15, 0.2) is 6.33 Å².